The van der Waals surface area contributed by atoms with Gasteiger partial charge in [-0.1, -0.05) is 48.1 Å². The highest BCUT2D eigenvalue weighted by atomic mass is 32.2. The van der Waals surface area contributed by atoms with E-state index in [4.69, 9.17) is 4.74 Å². The normalized spacial score (nSPS) is 26.1. The molecule has 35 heavy (non-hydrogen) atoms. The number of esters is 1. The minimum absolute atomic E-state index is 0.274. The van der Waals surface area contributed by atoms with Crippen molar-refractivity contribution in [2.75, 3.05) is 18.6 Å². The third kappa shape index (κ3) is 6.91. The minimum Gasteiger partial charge on any atom is -0.464 e. The Kier molecular flexibility index (Phi) is 8.94. The Morgan fingerprint density at radius 2 is 1.69 bits per heavy atom. The highest BCUT2D eigenvalue weighted by molar-refractivity contribution is 7.98. The van der Waals surface area contributed by atoms with Crippen LogP contribution in [0.25, 0.3) is 12.2 Å². The summed E-state index contributed by atoms with van der Waals surface area (Å²) in [6.07, 6.45) is 17.6. The highest BCUT2D eigenvalue weighted by Crippen LogP contribution is 2.56. The molecule has 4 bridgehead atoms. The van der Waals surface area contributed by atoms with Gasteiger partial charge < -0.3 is 10.1 Å². The molecular weight excluding hydrogens is 454 g/mol. The van der Waals surface area contributed by atoms with Crippen molar-refractivity contribution in [3.8, 4) is 0 Å². The summed E-state index contributed by atoms with van der Waals surface area (Å²) >= 11 is 1.64. The SMILES string of the molecule is CCOC(=O)C(CCSC)NC(=O)/C=C(C)/C=C/c1ccc(C=C2C3CC4CC(C3)CC2C4)cc1. The summed E-state index contributed by atoms with van der Waals surface area (Å²) in [6.45, 7) is 3.97. The monoisotopic (exact) mass is 493 g/mol. The Morgan fingerprint density at radius 3 is 2.29 bits per heavy atom. The molecule has 0 radical (unpaired) electrons. The number of carbonyl (C=O) groups is 2. The second kappa shape index (κ2) is 12.1. The highest BCUT2D eigenvalue weighted by Gasteiger charge is 2.44. The number of benzene rings is 1. The predicted octanol–water partition coefficient (Wildman–Crippen LogP) is 6.29. The van der Waals surface area contributed by atoms with Gasteiger partial charge in [0.25, 0.3) is 0 Å². The van der Waals surface area contributed by atoms with Crippen LogP contribution in [0.3, 0.4) is 0 Å². The number of thioether (sulfide) groups is 1. The van der Waals surface area contributed by atoms with Gasteiger partial charge >= 0.3 is 5.97 Å². The summed E-state index contributed by atoms with van der Waals surface area (Å²) in [5.41, 5.74) is 4.94. The fourth-order valence-corrected chi connectivity index (χ4v) is 6.75. The van der Waals surface area contributed by atoms with Crippen molar-refractivity contribution in [2.45, 2.75) is 58.4 Å². The number of carbonyl (C=O) groups excluding carboxylic acids is 2. The van der Waals surface area contributed by atoms with Gasteiger partial charge in [0.1, 0.15) is 6.04 Å². The van der Waals surface area contributed by atoms with Crippen molar-refractivity contribution >= 4 is 35.8 Å². The number of amides is 1. The first-order valence-corrected chi connectivity index (χ1v) is 14.5. The van der Waals surface area contributed by atoms with Gasteiger partial charge in [0.2, 0.25) is 5.91 Å². The lowest BCUT2D eigenvalue weighted by Crippen LogP contribution is -2.41. The molecule has 0 heterocycles. The van der Waals surface area contributed by atoms with Crippen LogP contribution in [0.1, 0.15) is 63.5 Å². The van der Waals surface area contributed by atoms with E-state index >= 15 is 0 Å². The van der Waals surface area contributed by atoms with Gasteiger partial charge in [-0.2, -0.15) is 11.8 Å². The zero-order valence-corrected chi connectivity index (χ0v) is 22.1. The van der Waals surface area contributed by atoms with Gasteiger partial charge in [-0.05, 0) is 105 Å². The molecule has 0 saturated heterocycles. The van der Waals surface area contributed by atoms with Gasteiger partial charge in [-0.25, -0.2) is 4.79 Å². The number of hydrogen-bond acceptors (Lipinski definition) is 4. The fraction of sp³-hybridized carbons (Fsp3) is 0.533. The molecule has 1 atom stereocenters. The Labute approximate surface area is 214 Å². The van der Waals surface area contributed by atoms with Crippen molar-refractivity contribution in [1.29, 1.82) is 0 Å². The van der Waals surface area contributed by atoms with Crippen molar-refractivity contribution < 1.29 is 14.3 Å². The topological polar surface area (TPSA) is 55.4 Å². The van der Waals surface area contributed by atoms with Gasteiger partial charge in [0.15, 0.2) is 0 Å². The predicted molar refractivity (Wildman–Crippen MR) is 146 cm³/mol. The van der Waals surface area contributed by atoms with Crippen LogP contribution in [-0.4, -0.2) is 36.5 Å². The van der Waals surface area contributed by atoms with E-state index < -0.39 is 6.04 Å². The fourth-order valence-electron chi connectivity index (χ4n) is 6.28. The molecule has 0 spiro atoms. The molecule has 1 amide bonds. The standard InChI is InChI=1S/C30H39NO3S/c1-4-34-30(33)28(11-12-35-3)31-29(32)13-20(2)5-6-21-7-9-22(10-8-21)19-27-25-15-23-14-24(17-25)18-26(27)16-23/h5-10,13,19,23-26,28H,4,11-12,14-18H2,1-3H3,(H,31,32)/b6-5+,20-13+,27-19?. The number of rotatable bonds is 10. The third-order valence-corrected chi connectivity index (χ3v) is 8.39. The van der Waals surface area contributed by atoms with E-state index in [0.29, 0.717) is 13.0 Å². The number of allylic oxidation sites excluding steroid dienone is 3. The smallest absolute Gasteiger partial charge is 0.328 e. The van der Waals surface area contributed by atoms with E-state index in [2.05, 4.69) is 35.7 Å². The van der Waals surface area contributed by atoms with Gasteiger partial charge in [0, 0.05) is 6.08 Å². The van der Waals surface area contributed by atoms with Crippen LogP contribution in [0.4, 0.5) is 0 Å². The van der Waals surface area contributed by atoms with Crippen molar-refractivity contribution in [3.63, 3.8) is 0 Å². The Hall–Kier alpha value is -2.27. The van der Waals surface area contributed by atoms with E-state index in [1.807, 2.05) is 25.3 Å². The molecule has 1 aromatic rings. The lowest BCUT2D eigenvalue weighted by molar-refractivity contribution is -0.147. The number of ether oxygens (including phenoxy) is 1. The third-order valence-electron chi connectivity index (χ3n) is 7.75. The van der Waals surface area contributed by atoms with Crippen LogP contribution >= 0.6 is 11.8 Å². The Morgan fingerprint density at radius 1 is 1.06 bits per heavy atom. The molecule has 4 saturated carbocycles. The maximum absolute atomic E-state index is 12.4. The molecule has 0 aromatic heterocycles. The van der Waals surface area contributed by atoms with Gasteiger partial charge in [-0.15, -0.1) is 0 Å². The number of hydrogen-bond donors (Lipinski definition) is 1. The summed E-state index contributed by atoms with van der Waals surface area (Å²) < 4.78 is 5.10. The van der Waals surface area contributed by atoms with Crippen LogP contribution in [0.2, 0.25) is 0 Å². The second-order valence-electron chi connectivity index (χ2n) is 10.4. The van der Waals surface area contributed by atoms with E-state index in [1.54, 1.807) is 24.3 Å². The van der Waals surface area contributed by atoms with Crippen LogP contribution in [-0.2, 0) is 14.3 Å². The summed E-state index contributed by atoms with van der Waals surface area (Å²) in [4.78, 5) is 24.6. The van der Waals surface area contributed by atoms with Crippen LogP contribution in [0.5, 0.6) is 0 Å². The lowest BCUT2D eigenvalue weighted by Gasteiger charge is -2.51. The average molecular weight is 494 g/mol. The largest absolute Gasteiger partial charge is 0.464 e. The summed E-state index contributed by atoms with van der Waals surface area (Å²) in [5.74, 6) is 3.77. The maximum atomic E-state index is 12.4. The van der Waals surface area contributed by atoms with Crippen LogP contribution in [0, 0.1) is 23.7 Å². The first kappa shape index (κ1) is 25.8. The zero-order valence-electron chi connectivity index (χ0n) is 21.3. The van der Waals surface area contributed by atoms with E-state index in [-0.39, 0.29) is 11.9 Å². The van der Waals surface area contributed by atoms with Gasteiger partial charge in [-0.3, -0.25) is 4.79 Å². The zero-order chi connectivity index (χ0) is 24.8. The Balaban J connectivity index is 1.33. The van der Waals surface area contributed by atoms with Crippen molar-refractivity contribution in [3.05, 3.63) is 58.7 Å². The van der Waals surface area contributed by atoms with E-state index in [9.17, 15) is 9.59 Å². The summed E-state index contributed by atoms with van der Waals surface area (Å²) in [7, 11) is 0. The van der Waals surface area contributed by atoms with Gasteiger partial charge in [0.05, 0.1) is 6.61 Å². The quantitative estimate of drug-likeness (QED) is 0.237. The first-order chi connectivity index (χ1) is 16.9. The van der Waals surface area contributed by atoms with Crippen molar-refractivity contribution in [2.24, 2.45) is 23.7 Å². The van der Waals surface area contributed by atoms with Crippen LogP contribution < -0.4 is 5.32 Å². The maximum Gasteiger partial charge on any atom is 0.328 e. The van der Waals surface area contributed by atoms with Crippen LogP contribution in [0.15, 0.2) is 47.6 Å². The molecule has 5 rings (SSSR count). The molecule has 1 aromatic carbocycles. The summed E-state index contributed by atoms with van der Waals surface area (Å²) in [5, 5.41) is 2.79. The minimum atomic E-state index is -0.612. The molecule has 188 valence electrons. The van der Waals surface area contributed by atoms with E-state index in [1.165, 1.54) is 43.7 Å². The average Bonchev–Trinajstić information content (AvgIpc) is 2.83. The molecule has 4 nitrogen and oxygen atoms in total. The molecule has 1 unspecified atom stereocenters. The lowest BCUT2D eigenvalue weighted by atomic mass is 9.54. The Bertz CT molecular complexity index is 961. The molecule has 5 heteroatoms. The molecule has 4 aliphatic carbocycles. The first-order valence-electron chi connectivity index (χ1n) is 13.1. The molecule has 1 N–H and O–H groups in total. The second-order valence-corrected chi connectivity index (χ2v) is 11.4. The van der Waals surface area contributed by atoms with Crippen molar-refractivity contribution in [1.82, 2.24) is 5.32 Å². The molecule has 4 aliphatic rings. The molecule has 0 aliphatic heterocycles. The van der Waals surface area contributed by atoms with E-state index in [0.717, 1.165) is 40.6 Å². The summed E-state index contributed by atoms with van der Waals surface area (Å²) in [6, 6.07) is 8.09. The molecular formula is C30H39NO3S. The number of nitrogens with one attached hydrogen (secondary N) is 1. The molecule has 4 fully saturated rings.